The molecule has 1 heterocycles. The first-order chi connectivity index (χ1) is 10.5. The van der Waals surface area contributed by atoms with Crippen molar-refractivity contribution in [1.82, 2.24) is 0 Å². The topological polar surface area (TPSA) is 89.7 Å². The van der Waals surface area contributed by atoms with Crippen LogP contribution in [0.2, 0.25) is 5.02 Å². The smallest absolute Gasteiger partial charge is 0.397 e. The Hall–Kier alpha value is -2.60. The summed E-state index contributed by atoms with van der Waals surface area (Å²) in [6.45, 7) is 0. The van der Waals surface area contributed by atoms with Gasteiger partial charge in [-0.1, -0.05) is 29.8 Å². The van der Waals surface area contributed by atoms with Gasteiger partial charge >= 0.3 is 5.72 Å². The fourth-order valence-corrected chi connectivity index (χ4v) is 2.65. The van der Waals surface area contributed by atoms with Crippen LogP contribution in [0, 0.1) is 10.1 Å². The molecule has 1 aliphatic rings. The molecule has 0 saturated carbocycles. The minimum absolute atomic E-state index is 0.121. The monoisotopic (exact) mass is 319 g/mol. The van der Waals surface area contributed by atoms with Gasteiger partial charge in [-0.2, -0.15) is 0 Å². The van der Waals surface area contributed by atoms with Crippen molar-refractivity contribution in [3.8, 4) is 11.5 Å². The molecule has 1 unspecified atom stereocenters. The van der Waals surface area contributed by atoms with Crippen LogP contribution in [0.5, 0.6) is 11.5 Å². The zero-order chi connectivity index (χ0) is 15.9. The number of hydrogen-bond acceptors (Lipinski definition) is 5. The quantitative estimate of drug-likeness (QED) is 0.678. The number of phenols is 1. The molecule has 0 fully saturated rings. The highest BCUT2D eigenvalue weighted by atomic mass is 35.5. The van der Waals surface area contributed by atoms with Crippen molar-refractivity contribution in [1.29, 1.82) is 0 Å². The maximum absolute atomic E-state index is 12.3. The molecule has 6 nitrogen and oxygen atoms in total. The normalized spacial score (nSPS) is 20.1. The molecule has 0 amide bonds. The highest BCUT2D eigenvalue weighted by Crippen LogP contribution is 2.46. The Morgan fingerprint density at radius 3 is 2.55 bits per heavy atom. The third kappa shape index (κ3) is 2.00. The minimum atomic E-state index is -2.05. The van der Waals surface area contributed by atoms with Crippen LogP contribution in [-0.4, -0.2) is 15.8 Å². The van der Waals surface area contributed by atoms with Crippen LogP contribution in [-0.2, 0) is 5.72 Å². The van der Waals surface area contributed by atoms with Gasteiger partial charge in [0, 0.05) is 0 Å². The van der Waals surface area contributed by atoms with Crippen LogP contribution in [0.15, 0.2) is 42.5 Å². The van der Waals surface area contributed by atoms with E-state index in [1.807, 2.05) is 0 Å². The lowest BCUT2D eigenvalue weighted by atomic mass is 9.91. The summed E-state index contributed by atoms with van der Waals surface area (Å²) in [6.07, 6.45) is -0.446. The van der Waals surface area contributed by atoms with Crippen molar-refractivity contribution in [2.45, 2.75) is 12.1 Å². The molecular weight excluding hydrogens is 310 g/mol. The van der Waals surface area contributed by atoms with Crippen LogP contribution < -0.4 is 4.74 Å². The van der Waals surface area contributed by atoms with Crippen molar-refractivity contribution >= 4 is 17.4 Å². The molecule has 1 aliphatic heterocycles. The maximum Gasteiger partial charge on any atom is 0.397 e. The number of ketones is 1. The Bertz CT molecular complexity index is 777. The van der Waals surface area contributed by atoms with Crippen LogP contribution in [0.4, 0.5) is 0 Å². The number of nitrogens with zero attached hydrogens (tertiary/aromatic N) is 1. The Morgan fingerprint density at radius 1 is 1.23 bits per heavy atom. The number of halogens is 1. The van der Waals surface area contributed by atoms with E-state index in [0.717, 1.165) is 0 Å². The number of carbonyl (C=O) groups is 1. The van der Waals surface area contributed by atoms with E-state index in [1.54, 1.807) is 18.2 Å². The van der Waals surface area contributed by atoms with Crippen molar-refractivity contribution in [2.75, 3.05) is 0 Å². The fourth-order valence-electron chi connectivity index (χ4n) is 2.45. The molecule has 1 N–H and O–H groups in total. The summed E-state index contributed by atoms with van der Waals surface area (Å²) < 4.78 is 5.54. The van der Waals surface area contributed by atoms with E-state index in [-0.39, 0.29) is 27.6 Å². The van der Waals surface area contributed by atoms with Gasteiger partial charge in [0.15, 0.2) is 11.5 Å². The molecule has 0 aromatic heterocycles. The molecule has 0 bridgehead atoms. The number of Topliss-reactive ketones (excluding diaryl/α,β-unsaturated/α-hetero) is 1. The number of aromatic hydroxyl groups is 1. The largest absolute Gasteiger partial charge is 0.506 e. The zero-order valence-electron chi connectivity index (χ0n) is 11.2. The summed E-state index contributed by atoms with van der Waals surface area (Å²) in [6, 6.07) is 10.6. The van der Waals surface area contributed by atoms with Gasteiger partial charge in [0.2, 0.25) is 0 Å². The van der Waals surface area contributed by atoms with E-state index < -0.39 is 22.9 Å². The van der Waals surface area contributed by atoms with E-state index in [0.29, 0.717) is 0 Å². The molecule has 2 aromatic carbocycles. The number of ether oxygens (including phenoxy) is 1. The lowest BCUT2D eigenvalue weighted by Gasteiger charge is -2.31. The van der Waals surface area contributed by atoms with Gasteiger partial charge in [-0.15, -0.1) is 0 Å². The second-order valence-electron chi connectivity index (χ2n) is 4.88. The lowest BCUT2D eigenvalue weighted by molar-refractivity contribution is -0.626. The zero-order valence-corrected chi connectivity index (χ0v) is 11.9. The number of rotatable bonds is 2. The predicted octanol–water partition coefficient (Wildman–Crippen LogP) is 3.14. The molecule has 0 spiro atoms. The van der Waals surface area contributed by atoms with Crippen LogP contribution in [0.3, 0.4) is 0 Å². The fraction of sp³-hybridized carbons (Fsp3) is 0.133. The van der Waals surface area contributed by atoms with Crippen LogP contribution in [0.25, 0.3) is 0 Å². The maximum atomic E-state index is 12.3. The van der Waals surface area contributed by atoms with Gasteiger partial charge in [-0.05, 0) is 24.3 Å². The summed E-state index contributed by atoms with van der Waals surface area (Å²) in [7, 11) is 0. The number of fused-ring (bicyclic) bond motifs is 1. The number of hydrogen-bond donors (Lipinski definition) is 1. The number of phenolic OH excluding ortho intramolecular Hbond substituents is 1. The highest BCUT2D eigenvalue weighted by Gasteiger charge is 2.54. The molecule has 22 heavy (non-hydrogen) atoms. The van der Waals surface area contributed by atoms with Gasteiger partial charge in [0.05, 0.1) is 16.1 Å². The first kappa shape index (κ1) is 14.3. The van der Waals surface area contributed by atoms with Crippen molar-refractivity contribution < 1.29 is 19.6 Å². The highest BCUT2D eigenvalue weighted by molar-refractivity contribution is 6.34. The summed E-state index contributed by atoms with van der Waals surface area (Å²) in [4.78, 5) is 23.3. The average molecular weight is 320 g/mol. The number of nitro groups is 1. The Balaban J connectivity index is 2.22. The van der Waals surface area contributed by atoms with Crippen molar-refractivity contribution in [2.24, 2.45) is 0 Å². The predicted molar refractivity (Wildman–Crippen MR) is 77.8 cm³/mol. The molecule has 0 aliphatic carbocycles. The van der Waals surface area contributed by atoms with Gasteiger partial charge in [-0.25, -0.2) is 0 Å². The van der Waals surface area contributed by atoms with E-state index in [9.17, 15) is 20.0 Å². The van der Waals surface area contributed by atoms with Crippen LogP contribution >= 0.6 is 11.6 Å². The summed E-state index contributed by atoms with van der Waals surface area (Å²) >= 11 is 5.95. The first-order valence-electron chi connectivity index (χ1n) is 6.39. The third-order valence-electron chi connectivity index (χ3n) is 3.57. The second kappa shape index (κ2) is 4.99. The van der Waals surface area contributed by atoms with Crippen molar-refractivity contribution in [3.05, 3.63) is 68.7 Å². The van der Waals surface area contributed by atoms with E-state index >= 15 is 0 Å². The lowest BCUT2D eigenvalue weighted by Crippen LogP contribution is -2.46. The molecule has 0 saturated heterocycles. The average Bonchev–Trinajstić information content (AvgIpc) is 2.51. The Labute approximate surface area is 130 Å². The molecular formula is C15H10ClNO5. The van der Waals surface area contributed by atoms with Gasteiger partial charge in [0.25, 0.3) is 0 Å². The molecule has 3 rings (SSSR count). The number of carbonyl (C=O) groups excluding carboxylic acids is 1. The molecule has 2 aromatic rings. The Morgan fingerprint density at radius 2 is 1.91 bits per heavy atom. The van der Waals surface area contributed by atoms with E-state index in [4.69, 9.17) is 16.3 Å². The molecule has 112 valence electrons. The summed E-state index contributed by atoms with van der Waals surface area (Å²) in [5.74, 6) is -0.942. The third-order valence-corrected chi connectivity index (χ3v) is 3.93. The Kier molecular flexibility index (Phi) is 3.26. The van der Waals surface area contributed by atoms with E-state index in [1.165, 1.54) is 24.3 Å². The molecule has 1 atom stereocenters. The van der Waals surface area contributed by atoms with Gasteiger partial charge < -0.3 is 9.84 Å². The van der Waals surface area contributed by atoms with Gasteiger partial charge in [0.1, 0.15) is 17.2 Å². The summed E-state index contributed by atoms with van der Waals surface area (Å²) in [5, 5.41) is 21.1. The summed E-state index contributed by atoms with van der Waals surface area (Å²) in [5.41, 5.74) is -1.70. The molecule has 7 heteroatoms. The molecule has 0 radical (unpaired) electrons. The second-order valence-corrected chi connectivity index (χ2v) is 5.26. The van der Waals surface area contributed by atoms with Crippen molar-refractivity contribution in [3.63, 3.8) is 0 Å². The minimum Gasteiger partial charge on any atom is -0.506 e. The standard InChI is InChI=1S/C15H10ClNO5/c16-13-11(18)7-6-10-12(19)8-15(17(20)21,22-14(10)13)9-4-2-1-3-5-9/h1-7,18H,8H2. The SMILES string of the molecule is O=C1CC(c2ccccc2)([N+](=O)[O-])Oc2c1ccc(O)c2Cl. The van der Waals surface area contributed by atoms with Crippen LogP contribution in [0.1, 0.15) is 22.3 Å². The van der Waals surface area contributed by atoms with E-state index in [2.05, 4.69) is 0 Å². The first-order valence-corrected chi connectivity index (χ1v) is 6.77. The number of benzene rings is 2. The van der Waals surface area contributed by atoms with Gasteiger partial charge in [-0.3, -0.25) is 14.9 Å².